The normalized spacial score (nSPS) is 26.1. The highest BCUT2D eigenvalue weighted by Gasteiger charge is 2.46. The summed E-state index contributed by atoms with van der Waals surface area (Å²) in [6.45, 7) is 8.02. The minimum absolute atomic E-state index is 0.206. The summed E-state index contributed by atoms with van der Waals surface area (Å²) in [5.74, 6) is -0.825. The molecule has 2 unspecified atom stereocenters. The van der Waals surface area contributed by atoms with Crippen LogP contribution in [0.15, 0.2) is 12.2 Å². The lowest BCUT2D eigenvalue weighted by molar-refractivity contribution is -0.154. The molecule has 0 amide bonds. The molecular formula is C12H18O3. The molecule has 0 aliphatic carbocycles. The van der Waals surface area contributed by atoms with Crippen LogP contribution in [0.3, 0.4) is 0 Å². The van der Waals surface area contributed by atoms with Gasteiger partial charge in [0.2, 0.25) is 0 Å². The Kier molecular flexibility index (Phi) is 3.32. The van der Waals surface area contributed by atoms with Crippen molar-refractivity contribution in [1.29, 1.82) is 0 Å². The first-order chi connectivity index (χ1) is 6.91. The summed E-state index contributed by atoms with van der Waals surface area (Å²) in [5.41, 5.74) is -0.294. The Balaban J connectivity index is 3.00. The van der Waals surface area contributed by atoms with Crippen molar-refractivity contribution in [2.45, 2.75) is 34.1 Å². The van der Waals surface area contributed by atoms with Crippen molar-refractivity contribution in [3.63, 3.8) is 0 Å². The molecule has 0 aromatic carbocycles. The van der Waals surface area contributed by atoms with Crippen LogP contribution in [0.2, 0.25) is 0 Å². The second-order valence-electron chi connectivity index (χ2n) is 4.57. The van der Waals surface area contributed by atoms with E-state index in [2.05, 4.69) is 18.6 Å². The van der Waals surface area contributed by atoms with Crippen molar-refractivity contribution in [2.75, 3.05) is 0 Å². The van der Waals surface area contributed by atoms with Gasteiger partial charge in [-0.2, -0.15) is 0 Å². The van der Waals surface area contributed by atoms with E-state index in [1.807, 2.05) is 26.0 Å². The van der Waals surface area contributed by atoms with Gasteiger partial charge in [0.25, 0.3) is 0 Å². The Hall–Kier alpha value is -1.12. The molecule has 3 nitrogen and oxygen atoms in total. The van der Waals surface area contributed by atoms with Crippen molar-refractivity contribution >= 4 is 11.9 Å². The highest BCUT2D eigenvalue weighted by atomic mass is 16.6. The number of carbonyl (C=O) groups is 2. The number of hydrogen-bond acceptors (Lipinski definition) is 3. The maximum Gasteiger partial charge on any atom is 0.318 e. The maximum atomic E-state index is 11.5. The zero-order chi connectivity index (χ0) is 11.6. The number of carbonyl (C=O) groups excluding carboxylic acids is 2. The Morgan fingerprint density at radius 2 is 2.07 bits per heavy atom. The number of allylic oxidation sites excluding steroid dienone is 2. The Bertz CT molecular complexity index is 304. The minimum atomic E-state index is -0.402. The van der Waals surface area contributed by atoms with Crippen LogP contribution < -0.4 is 0 Å². The van der Waals surface area contributed by atoms with Crippen LogP contribution in [0.4, 0.5) is 0 Å². The van der Waals surface area contributed by atoms with E-state index < -0.39 is 5.97 Å². The maximum absolute atomic E-state index is 11.5. The van der Waals surface area contributed by atoms with Crippen LogP contribution in [0.1, 0.15) is 34.1 Å². The molecule has 15 heavy (non-hydrogen) atoms. The third-order valence-corrected chi connectivity index (χ3v) is 3.39. The number of ether oxygens (including phenoxy) is 1. The van der Waals surface area contributed by atoms with Crippen molar-refractivity contribution < 1.29 is 14.3 Å². The van der Waals surface area contributed by atoms with Gasteiger partial charge in [0, 0.05) is 5.41 Å². The Morgan fingerprint density at radius 1 is 1.47 bits per heavy atom. The molecule has 2 atom stereocenters. The van der Waals surface area contributed by atoms with Crippen LogP contribution >= 0.6 is 0 Å². The fraction of sp³-hybridized carbons (Fsp3) is 0.667. The molecule has 0 aromatic heterocycles. The standard InChI is InChI=1S/C12H18O3/c1-5-6-12(4,8(2)3)9-7-10(13)15-11(9)14/h5-6,8-9H,7H2,1-4H3/b6-5+. The summed E-state index contributed by atoms with van der Waals surface area (Å²) in [4.78, 5) is 22.6. The van der Waals surface area contributed by atoms with Crippen molar-refractivity contribution in [1.82, 2.24) is 0 Å². The van der Waals surface area contributed by atoms with Crippen LogP contribution in [0.25, 0.3) is 0 Å². The van der Waals surface area contributed by atoms with E-state index in [4.69, 9.17) is 0 Å². The average molecular weight is 210 g/mol. The fourth-order valence-electron chi connectivity index (χ4n) is 2.02. The Morgan fingerprint density at radius 3 is 2.40 bits per heavy atom. The van der Waals surface area contributed by atoms with E-state index in [9.17, 15) is 9.59 Å². The summed E-state index contributed by atoms with van der Waals surface area (Å²) >= 11 is 0. The number of rotatable bonds is 3. The molecule has 1 aliphatic rings. The highest BCUT2D eigenvalue weighted by molar-refractivity contribution is 5.95. The lowest BCUT2D eigenvalue weighted by atomic mass is 9.68. The van der Waals surface area contributed by atoms with Gasteiger partial charge < -0.3 is 4.74 Å². The molecule has 0 N–H and O–H groups in total. The molecular weight excluding hydrogens is 192 g/mol. The molecule has 0 saturated carbocycles. The van der Waals surface area contributed by atoms with Crippen LogP contribution in [0.5, 0.6) is 0 Å². The summed E-state index contributed by atoms with van der Waals surface area (Å²) in [5, 5.41) is 0. The predicted molar refractivity (Wildman–Crippen MR) is 57.0 cm³/mol. The molecule has 84 valence electrons. The van der Waals surface area contributed by atoms with Crippen molar-refractivity contribution in [3.05, 3.63) is 12.2 Å². The van der Waals surface area contributed by atoms with Gasteiger partial charge in [-0.25, -0.2) is 0 Å². The second kappa shape index (κ2) is 4.17. The Labute approximate surface area is 90.5 Å². The molecule has 1 fully saturated rings. The largest absolute Gasteiger partial charge is 0.393 e. The SMILES string of the molecule is C/C=C/C(C)(C(C)C)C1CC(=O)OC1=O. The van der Waals surface area contributed by atoms with Crippen LogP contribution in [-0.4, -0.2) is 11.9 Å². The van der Waals surface area contributed by atoms with Gasteiger partial charge in [0.05, 0.1) is 12.3 Å². The van der Waals surface area contributed by atoms with Crippen LogP contribution in [-0.2, 0) is 14.3 Å². The average Bonchev–Trinajstić information content (AvgIpc) is 2.45. The van der Waals surface area contributed by atoms with Gasteiger partial charge in [-0.05, 0) is 12.8 Å². The van der Waals surface area contributed by atoms with E-state index in [1.165, 1.54) is 0 Å². The zero-order valence-electron chi connectivity index (χ0n) is 9.74. The van der Waals surface area contributed by atoms with E-state index in [0.29, 0.717) is 0 Å². The van der Waals surface area contributed by atoms with Gasteiger partial charge in [0.1, 0.15) is 0 Å². The van der Waals surface area contributed by atoms with Gasteiger partial charge in [-0.1, -0.05) is 32.9 Å². The highest BCUT2D eigenvalue weighted by Crippen LogP contribution is 2.42. The van der Waals surface area contributed by atoms with E-state index in [1.54, 1.807) is 0 Å². The topological polar surface area (TPSA) is 43.4 Å². The van der Waals surface area contributed by atoms with E-state index in [0.717, 1.165) is 0 Å². The summed E-state index contributed by atoms with van der Waals surface area (Å²) in [6.07, 6.45) is 4.14. The van der Waals surface area contributed by atoms with Gasteiger partial charge in [-0.15, -0.1) is 0 Å². The molecule has 1 saturated heterocycles. The first-order valence-electron chi connectivity index (χ1n) is 5.30. The fourth-order valence-corrected chi connectivity index (χ4v) is 2.02. The van der Waals surface area contributed by atoms with E-state index >= 15 is 0 Å². The van der Waals surface area contributed by atoms with Gasteiger partial charge >= 0.3 is 11.9 Å². The first-order valence-corrected chi connectivity index (χ1v) is 5.30. The number of cyclic esters (lactones) is 2. The minimum Gasteiger partial charge on any atom is -0.393 e. The lowest BCUT2D eigenvalue weighted by Crippen LogP contribution is -2.33. The lowest BCUT2D eigenvalue weighted by Gasteiger charge is -2.33. The molecule has 1 rings (SSSR count). The first kappa shape index (κ1) is 12.0. The smallest absolute Gasteiger partial charge is 0.318 e. The summed E-state index contributed by atoms with van der Waals surface area (Å²) < 4.78 is 4.60. The predicted octanol–water partition coefficient (Wildman–Crippen LogP) is 2.31. The van der Waals surface area contributed by atoms with E-state index in [-0.39, 0.29) is 29.6 Å². The molecule has 0 radical (unpaired) electrons. The summed E-state index contributed by atoms with van der Waals surface area (Å²) in [7, 11) is 0. The molecule has 1 aliphatic heterocycles. The van der Waals surface area contributed by atoms with Crippen molar-refractivity contribution in [2.24, 2.45) is 17.3 Å². The van der Waals surface area contributed by atoms with Gasteiger partial charge in [-0.3, -0.25) is 9.59 Å². The molecule has 0 spiro atoms. The second-order valence-corrected chi connectivity index (χ2v) is 4.57. The third-order valence-electron chi connectivity index (χ3n) is 3.39. The quantitative estimate of drug-likeness (QED) is 0.408. The number of esters is 2. The number of hydrogen-bond donors (Lipinski definition) is 0. The van der Waals surface area contributed by atoms with Crippen molar-refractivity contribution in [3.8, 4) is 0 Å². The molecule has 0 aromatic rings. The summed E-state index contributed by atoms with van der Waals surface area (Å²) in [6, 6.07) is 0. The molecule has 1 heterocycles. The monoisotopic (exact) mass is 210 g/mol. The molecule has 3 heteroatoms. The molecule has 0 bridgehead atoms. The third kappa shape index (κ3) is 2.11. The van der Waals surface area contributed by atoms with Crippen LogP contribution in [0, 0.1) is 17.3 Å². The zero-order valence-corrected chi connectivity index (χ0v) is 9.74. The van der Waals surface area contributed by atoms with Gasteiger partial charge in [0.15, 0.2) is 0 Å².